The minimum Gasteiger partial charge on any atom is -0.327 e. The standard InChI is InChI=1S/C12H15N3S/c1-9-15-12(8-16-9)6-11(13)5-10-3-2-4-14-7-10/h2-4,7-8,11H,5-6,13H2,1H3. The van der Waals surface area contributed by atoms with E-state index in [2.05, 4.69) is 21.4 Å². The number of pyridine rings is 1. The van der Waals surface area contributed by atoms with Crippen LogP contribution in [0.1, 0.15) is 16.3 Å². The van der Waals surface area contributed by atoms with Crippen molar-refractivity contribution in [2.75, 3.05) is 0 Å². The smallest absolute Gasteiger partial charge is 0.0897 e. The lowest BCUT2D eigenvalue weighted by Gasteiger charge is -2.09. The topological polar surface area (TPSA) is 51.8 Å². The highest BCUT2D eigenvalue weighted by Crippen LogP contribution is 2.11. The van der Waals surface area contributed by atoms with E-state index in [1.165, 1.54) is 5.56 Å². The number of rotatable bonds is 4. The molecule has 0 saturated carbocycles. The molecule has 2 aromatic heterocycles. The molecule has 0 aliphatic carbocycles. The highest BCUT2D eigenvalue weighted by atomic mass is 32.1. The third-order valence-electron chi connectivity index (χ3n) is 2.36. The minimum atomic E-state index is 0.116. The molecule has 1 unspecified atom stereocenters. The molecule has 0 fully saturated rings. The Morgan fingerprint density at radius 3 is 2.94 bits per heavy atom. The fourth-order valence-electron chi connectivity index (χ4n) is 1.66. The van der Waals surface area contributed by atoms with E-state index in [-0.39, 0.29) is 6.04 Å². The molecule has 3 nitrogen and oxygen atoms in total. The first kappa shape index (κ1) is 11.2. The number of hydrogen-bond donors (Lipinski definition) is 1. The average Bonchev–Trinajstić information content (AvgIpc) is 2.65. The van der Waals surface area contributed by atoms with Crippen molar-refractivity contribution >= 4 is 11.3 Å². The monoisotopic (exact) mass is 233 g/mol. The van der Waals surface area contributed by atoms with E-state index in [0.717, 1.165) is 23.5 Å². The Morgan fingerprint density at radius 2 is 2.31 bits per heavy atom. The van der Waals surface area contributed by atoms with Crippen molar-refractivity contribution in [3.63, 3.8) is 0 Å². The molecule has 84 valence electrons. The third kappa shape index (κ3) is 3.12. The second-order valence-electron chi connectivity index (χ2n) is 3.89. The molecule has 0 radical (unpaired) electrons. The third-order valence-corrected chi connectivity index (χ3v) is 3.18. The molecule has 4 heteroatoms. The van der Waals surface area contributed by atoms with Gasteiger partial charge < -0.3 is 5.73 Å². The Labute approximate surface area is 99.4 Å². The van der Waals surface area contributed by atoms with Crippen molar-refractivity contribution in [1.82, 2.24) is 9.97 Å². The van der Waals surface area contributed by atoms with Crippen LogP contribution in [0.4, 0.5) is 0 Å². The van der Waals surface area contributed by atoms with Crippen molar-refractivity contribution < 1.29 is 0 Å². The lowest BCUT2D eigenvalue weighted by Crippen LogP contribution is -2.25. The maximum Gasteiger partial charge on any atom is 0.0897 e. The Hall–Kier alpha value is -1.26. The summed E-state index contributed by atoms with van der Waals surface area (Å²) in [6.07, 6.45) is 5.33. The molecule has 0 amide bonds. The molecule has 2 N–H and O–H groups in total. The largest absolute Gasteiger partial charge is 0.327 e. The SMILES string of the molecule is Cc1nc(CC(N)Cc2cccnc2)cs1. The van der Waals surface area contributed by atoms with Gasteiger partial charge in [0.15, 0.2) is 0 Å². The Bertz CT molecular complexity index is 439. The summed E-state index contributed by atoms with van der Waals surface area (Å²) in [5.74, 6) is 0. The number of nitrogens with two attached hydrogens (primary N) is 1. The van der Waals surface area contributed by atoms with Crippen LogP contribution in [0.5, 0.6) is 0 Å². The minimum absolute atomic E-state index is 0.116. The van der Waals surface area contributed by atoms with Gasteiger partial charge in [-0.25, -0.2) is 4.98 Å². The normalized spacial score (nSPS) is 12.6. The fraction of sp³-hybridized carbons (Fsp3) is 0.333. The second-order valence-corrected chi connectivity index (χ2v) is 4.95. The molecule has 16 heavy (non-hydrogen) atoms. The molecule has 0 spiro atoms. The number of aryl methyl sites for hydroxylation is 1. The lowest BCUT2D eigenvalue weighted by atomic mass is 10.0. The zero-order chi connectivity index (χ0) is 11.4. The van der Waals surface area contributed by atoms with Gasteiger partial charge in [0.1, 0.15) is 0 Å². The van der Waals surface area contributed by atoms with Crippen molar-refractivity contribution in [3.8, 4) is 0 Å². The first-order chi connectivity index (χ1) is 7.74. The quantitative estimate of drug-likeness (QED) is 0.878. The van der Waals surface area contributed by atoms with Gasteiger partial charge in [0, 0.05) is 30.2 Å². The summed E-state index contributed by atoms with van der Waals surface area (Å²) >= 11 is 1.67. The van der Waals surface area contributed by atoms with E-state index in [1.54, 1.807) is 17.5 Å². The van der Waals surface area contributed by atoms with Crippen LogP contribution in [0.25, 0.3) is 0 Å². The molecule has 0 saturated heterocycles. The molecule has 2 aromatic rings. The Morgan fingerprint density at radius 1 is 1.44 bits per heavy atom. The van der Waals surface area contributed by atoms with Gasteiger partial charge in [-0.15, -0.1) is 11.3 Å². The zero-order valence-electron chi connectivity index (χ0n) is 9.26. The summed E-state index contributed by atoms with van der Waals surface area (Å²) in [5.41, 5.74) is 8.36. The van der Waals surface area contributed by atoms with E-state index in [1.807, 2.05) is 19.2 Å². The van der Waals surface area contributed by atoms with Gasteiger partial charge in [-0.05, 0) is 25.0 Å². The van der Waals surface area contributed by atoms with E-state index < -0.39 is 0 Å². The molecule has 0 bridgehead atoms. The average molecular weight is 233 g/mol. The molecule has 0 aliphatic heterocycles. The van der Waals surface area contributed by atoms with Gasteiger partial charge in [-0.3, -0.25) is 4.98 Å². The maximum absolute atomic E-state index is 6.08. The molecular weight excluding hydrogens is 218 g/mol. The van der Waals surface area contributed by atoms with Crippen LogP contribution in [0, 0.1) is 6.92 Å². The van der Waals surface area contributed by atoms with E-state index in [9.17, 15) is 0 Å². The number of aromatic nitrogens is 2. The Kier molecular flexibility index (Phi) is 3.64. The van der Waals surface area contributed by atoms with Crippen molar-refractivity contribution in [3.05, 3.63) is 46.2 Å². The van der Waals surface area contributed by atoms with Gasteiger partial charge in [0.05, 0.1) is 10.7 Å². The van der Waals surface area contributed by atoms with E-state index >= 15 is 0 Å². The van der Waals surface area contributed by atoms with Crippen LogP contribution in [0.15, 0.2) is 29.9 Å². The van der Waals surface area contributed by atoms with Crippen LogP contribution in [-0.4, -0.2) is 16.0 Å². The molecule has 2 heterocycles. The lowest BCUT2D eigenvalue weighted by molar-refractivity contribution is 0.654. The van der Waals surface area contributed by atoms with Gasteiger partial charge >= 0.3 is 0 Å². The van der Waals surface area contributed by atoms with E-state index in [4.69, 9.17) is 5.73 Å². The van der Waals surface area contributed by atoms with Gasteiger partial charge in [-0.2, -0.15) is 0 Å². The van der Waals surface area contributed by atoms with Gasteiger partial charge in [0.25, 0.3) is 0 Å². The fourth-order valence-corrected chi connectivity index (χ4v) is 2.29. The summed E-state index contributed by atoms with van der Waals surface area (Å²) in [5, 5.41) is 3.18. The van der Waals surface area contributed by atoms with E-state index in [0.29, 0.717) is 0 Å². The molecular formula is C12H15N3S. The van der Waals surface area contributed by atoms with Crippen molar-refractivity contribution in [2.45, 2.75) is 25.8 Å². The van der Waals surface area contributed by atoms with Crippen LogP contribution in [0.2, 0.25) is 0 Å². The molecule has 0 aromatic carbocycles. The predicted octanol–water partition coefficient (Wildman–Crippen LogP) is 1.96. The highest BCUT2D eigenvalue weighted by molar-refractivity contribution is 7.09. The van der Waals surface area contributed by atoms with Crippen LogP contribution in [0.3, 0.4) is 0 Å². The summed E-state index contributed by atoms with van der Waals surface area (Å²) < 4.78 is 0. The maximum atomic E-state index is 6.08. The van der Waals surface area contributed by atoms with Gasteiger partial charge in [-0.1, -0.05) is 6.07 Å². The zero-order valence-corrected chi connectivity index (χ0v) is 10.1. The van der Waals surface area contributed by atoms with Crippen molar-refractivity contribution in [2.24, 2.45) is 5.73 Å². The van der Waals surface area contributed by atoms with Crippen LogP contribution in [-0.2, 0) is 12.8 Å². The first-order valence-electron chi connectivity index (χ1n) is 5.29. The van der Waals surface area contributed by atoms with Crippen LogP contribution < -0.4 is 5.73 Å². The molecule has 0 aliphatic rings. The highest BCUT2D eigenvalue weighted by Gasteiger charge is 2.07. The van der Waals surface area contributed by atoms with Crippen molar-refractivity contribution in [1.29, 1.82) is 0 Å². The summed E-state index contributed by atoms with van der Waals surface area (Å²) in [4.78, 5) is 8.49. The first-order valence-corrected chi connectivity index (χ1v) is 6.17. The van der Waals surface area contributed by atoms with Crippen LogP contribution >= 0.6 is 11.3 Å². The second kappa shape index (κ2) is 5.18. The number of hydrogen-bond acceptors (Lipinski definition) is 4. The van der Waals surface area contributed by atoms with Gasteiger partial charge in [0.2, 0.25) is 0 Å². The molecule has 1 atom stereocenters. The molecule has 2 rings (SSSR count). The number of thiazole rings is 1. The predicted molar refractivity (Wildman–Crippen MR) is 66.5 cm³/mol. The Balaban J connectivity index is 1.92. The summed E-state index contributed by atoms with van der Waals surface area (Å²) in [7, 11) is 0. The summed E-state index contributed by atoms with van der Waals surface area (Å²) in [6.45, 7) is 2.01. The summed E-state index contributed by atoms with van der Waals surface area (Å²) in [6, 6.07) is 4.11. The number of nitrogens with zero attached hydrogens (tertiary/aromatic N) is 2.